The fraction of sp³-hybridized carbons (Fsp3) is 0.133. The highest BCUT2D eigenvalue weighted by atomic mass is 16.3. The van der Waals surface area contributed by atoms with E-state index in [1.165, 1.54) is 6.07 Å². The molecule has 19 heavy (non-hydrogen) atoms. The third-order valence-electron chi connectivity index (χ3n) is 2.94. The Morgan fingerprint density at radius 1 is 1.26 bits per heavy atom. The highest BCUT2D eigenvalue weighted by Crippen LogP contribution is 2.19. The van der Waals surface area contributed by atoms with Gasteiger partial charge < -0.3 is 16.2 Å². The number of rotatable bonds is 3. The highest BCUT2D eigenvalue weighted by molar-refractivity contribution is 6.05. The van der Waals surface area contributed by atoms with Crippen molar-refractivity contribution < 1.29 is 9.90 Å². The summed E-state index contributed by atoms with van der Waals surface area (Å²) in [6.07, 6.45) is 0. The van der Waals surface area contributed by atoms with Crippen LogP contribution in [0.4, 0.5) is 5.69 Å². The number of aromatic hydroxyl groups is 1. The first-order valence-electron chi connectivity index (χ1n) is 6.00. The van der Waals surface area contributed by atoms with E-state index in [1.807, 2.05) is 24.3 Å². The Kier molecular flexibility index (Phi) is 3.82. The third kappa shape index (κ3) is 2.92. The van der Waals surface area contributed by atoms with E-state index in [2.05, 4.69) is 5.32 Å². The van der Waals surface area contributed by atoms with Crippen LogP contribution in [0.2, 0.25) is 0 Å². The van der Waals surface area contributed by atoms with E-state index >= 15 is 0 Å². The molecule has 4 nitrogen and oxygen atoms in total. The number of hydrogen-bond donors (Lipinski definition) is 3. The molecule has 0 aliphatic carbocycles. The van der Waals surface area contributed by atoms with Crippen LogP contribution in [0.15, 0.2) is 42.5 Å². The molecular weight excluding hydrogens is 240 g/mol. The van der Waals surface area contributed by atoms with Gasteiger partial charge in [0.15, 0.2) is 0 Å². The van der Waals surface area contributed by atoms with Crippen LogP contribution >= 0.6 is 0 Å². The van der Waals surface area contributed by atoms with E-state index < -0.39 is 0 Å². The van der Waals surface area contributed by atoms with Gasteiger partial charge in [-0.2, -0.15) is 0 Å². The van der Waals surface area contributed by atoms with Crippen molar-refractivity contribution in [3.05, 3.63) is 59.2 Å². The van der Waals surface area contributed by atoms with Gasteiger partial charge in [0.1, 0.15) is 5.75 Å². The molecule has 0 spiro atoms. The van der Waals surface area contributed by atoms with Crippen molar-refractivity contribution >= 4 is 11.6 Å². The second-order valence-corrected chi connectivity index (χ2v) is 4.31. The first kappa shape index (κ1) is 13.1. The average Bonchev–Trinajstić information content (AvgIpc) is 2.39. The Morgan fingerprint density at radius 3 is 2.68 bits per heavy atom. The molecule has 98 valence electrons. The van der Waals surface area contributed by atoms with Gasteiger partial charge in [-0.15, -0.1) is 0 Å². The number of carbonyl (C=O) groups excluding carboxylic acids is 1. The van der Waals surface area contributed by atoms with Gasteiger partial charge in [-0.25, -0.2) is 0 Å². The number of hydrogen-bond acceptors (Lipinski definition) is 3. The molecule has 2 aromatic rings. The minimum Gasteiger partial charge on any atom is -0.508 e. The molecule has 0 radical (unpaired) electrons. The lowest BCUT2D eigenvalue weighted by atomic mass is 10.1. The summed E-state index contributed by atoms with van der Waals surface area (Å²) >= 11 is 0. The van der Waals surface area contributed by atoms with Crippen molar-refractivity contribution in [3.63, 3.8) is 0 Å². The van der Waals surface area contributed by atoms with Crippen LogP contribution in [-0.4, -0.2) is 11.0 Å². The van der Waals surface area contributed by atoms with Crippen molar-refractivity contribution in [1.82, 2.24) is 0 Å². The summed E-state index contributed by atoms with van der Waals surface area (Å²) in [4.78, 5) is 12.2. The number of nitrogens with one attached hydrogen (secondary N) is 1. The maximum Gasteiger partial charge on any atom is 0.255 e. The van der Waals surface area contributed by atoms with Crippen LogP contribution in [0.25, 0.3) is 0 Å². The summed E-state index contributed by atoms with van der Waals surface area (Å²) in [6.45, 7) is 2.15. The second-order valence-electron chi connectivity index (χ2n) is 4.31. The van der Waals surface area contributed by atoms with Crippen LogP contribution < -0.4 is 11.1 Å². The number of aryl methyl sites for hydroxylation is 1. The normalized spacial score (nSPS) is 10.2. The van der Waals surface area contributed by atoms with Crippen LogP contribution in [0.3, 0.4) is 0 Å². The Bertz CT molecular complexity index is 609. The average molecular weight is 256 g/mol. The molecule has 0 aliphatic heterocycles. The standard InChI is InChI=1S/C15H16N2O2/c1-10-8-12(18)6-7-13(10)15(19)17-14-5-3-2-4-11(14)9-16/h2-8,18H,9,16H2,1H3,(H,17,19). The van der Waals surface area contributed by atoms with E-state index in [0.29, 0.717) is 17.8 Å². The Morgan fingerprint density at radius 2 is 2.00 bits per heavy atom. The molecule has 0 saturated carbocycles. The van der Waals surface area contributed by atoms with Gasteiger partial charge in [0.25, 0.3) is 5.91 Å². The largest absolute Gasteiger partial charge is 0.508 e. The van der Waals surface area contributed by atoms with E-state index in [1.54, 1.807) is 19.1 Å². The molecule has 1 amide bonds. The highest BCUT2D eigenvalue weighted by Gasteiger charge is 2.11. The van der Waals surface area contributed by atoms with Gasteiger partial charge in [-0.05, 0) is 42.3 Å². The molecule has 0 bridgehead atoms. The monoisotopic (exact) mass is 256 g/mol. The first-order chi connectivity index (χ1) is 9.11. The molecule has 2 rings (SSSR count). The van der Waals surface area contributed by atoms with Crippen molar-refractivity contribution in [2.45, 2.75) is 13.5 Å². The van der Waals surface area contributed by atoms with E-state index in [0.717, 1.165) is 11.1 Å². The Balaban J connectivity index is 2.26. The maximum atomic E-state index is 12.2. The van der Waals surface area contributed by atoms with E-state index in [4.69, 9.17) is 5.73 Å². The number of anilines is 1. The molecule has 0 saturated heterocycles. The van der Waals surface area contributed by atoms with Crippen LogP contribution in [0.5, 0.6) is 5.75 Å². The predicted octanol–water partition coefficient (Wildman–Crippen LogP) is 2.41. The van der Waals surface area contributed by atoms with Gasteiger partial charge >= 0.3 is 0 Å². The van der Waals surface area contributed by atoms with E-state index in [-0.39, 0.29) is 11.7 Å². The van der Waals surface area contributed by atoms with Crippen molar-refractivity contribution in [2.24, 2.45) is 5.73 Å². The van der Waals surface area contributed by atoms with Crippen LogP contribution in [0.1, 0.15) is 21.5 Å². The van der Waals surface area contributed by atoms with Crippen LogP contribution in [0, 0.1) is 6.92 Å². The number of amides is 1. The number of phenolic OH excluding ortho intramolecular Hbond substituents is 1. The molecule has 0 fully saturated rings. The smallest absolute Gasteiger partial charge is 0.255 e. The molecule has 0 aromatic heterocycles. The molecule has 4 N–H and O–H groups in total. The molecule has 0 atom stereocenters. The topological polar surface area (TPSA) is 75.3 Å². The zero-order valence-corrected chi connectivity index (χ0v) is 10.7. The molecule has 0 unspecified atom stereocenters. The number of nitrogens with two attached hydrogens (primary N) is 1. The van der Waals surface area contributed by atoms with Crippen molar-refractivity contribution in [1.29, 1.82) is 0 Å². The summed E-state index contributed by atoms with van der Waals surface area (Å²) in [5.74, 6) is -0.0604. The quantitative estimate of drug-likeness (QED) is 0.789. The third-order valence-corrected chi connectivity index (χ3v) is 2.94. The maximum absolute atomic E-state index is 12.2. The molecular formula is C15H16N2O2. The SMILES string of the molecule is Cc1cc(O)ccc1C(=O)Nc1ccccc1CN. The molecule has 0 heterocycles. The second kappa shape index (κ2) is 5.54. The summed E-state index contributed by atoms with van der Waals surface area (Å²) in [7, 11) is 0. The fourth-order valence-corrected chi connectivity index (χ4v) is 1.91. The van der Waals surface area contributed by atoms with Gasteiger partial charge in [-0.1, -0.05) is 18.2 Å². The van der Waals surface area contributed by atoms with Crippen molar-refractivity contribution in [3.8, 4) is 5.75 Å². The van der Waals surface area contributed by atoms with Crippen LogP contribution in [-0.2, 0) is 6.54 Å². The van der Waals surface area contributed by atoms with Crippen molar-refractivity contribution in [2.75, 3.05) is 5.32 Å². The van der Waals surface area contributed by atoms with E-state index in [9.17, 15) is 9.90 Å². The summed E-state index contributed by atoms with van der Waals surface area (Å²) < 4.78 is 0. The van der Waals surface area contributed by atoms with Gasteiger partial charge in [-0.3, -0.25) is 4.79 Å². The number of para-hydroxylation sites is 1. The number of phenols is 1. The zero-order chi connectivity index (χ0) is 13.8. The fourth-order valence-electron chi connectivity index (χ4n) is 1.91. The lowest BCUT2D eigenvalue weighted by molar-refractivity contribution is 0.102. The Labute approximate surface area is 111 Å². The number of benzene rings is 2. The zero-order valence-electron chi connectivity index (χ0n) is 10.7. The summed E-state index contributed by atoms with van der Waals surface area (Å²) in [5.41, 5.74) is 8.48. The lowest BCUT2D eigenvalue weighted by Crippen LogP contribution is -2.15. The summed E-state index contributed by atoms with van der Waals surface area (Å²) in [5, 5.41) is 12.2. The van der Waals surface area contributed by atoms with Gasteiger partial charge in [0, 0.05) is 17.8 Å². The Hall–Kier alpha value is -2.33. The number of carbonyl (C=O) groups is 1. The summed E-state index contributed by atoms with van der Waals surface area (Å²) in [6, 6.07) is 12.1. The first-order valence-corrected chi connectivity index (χ1v) is 6.00. The minimum absolute atomic E-state index is 0.149. The minimum atomic E-state index is -0.210. The molecule has 0 aliphatic rings. The van der Waals surface area contributed by atoms with Gasteiger partial charge in [0.05, 0.1) is 0 Å². The lowest BCUT2D eigenvalue weighted by Gasteiger charge is -2.11. The molecule has 4 heteroatoms. The predicted molar refractivity (Wildman–Crippen MR) is 75.1 cm³/mol. The molecule has 2 aromatic carbocycles. The van der Waals surface area contributed by atoms with Gasteiger partial charge in [0.2, 0.25) is 0 Å².